The molecular formula is C8H11N3O. The molecule has 0 saturated carbocycles. The van der Waals surface area contributed by atoms with Gasteiger partial charge in [0.15, 0.2) is 0 Å². The Hall–Kier alpha value is -1.32. The van der Waals surface area contributed by atoms with Crippen molar-refractivity contribution in [3.63, 3.8) is 0 Å². The molecule has 1 aliphatic rings. The molecule has 0 aromatic carbocycles. The fraction of sp³-hybridized carbons (Fsp3) is 0.500. The minimum Gasteiger partial charge on any atom is -0.369 e. The first-order valence-electron chi connectivity index (χ1n) is 4.03. The topological polar surface area (TPSA) is 46.9 Å². The highest BCUT2D eigenvalue weighted by Crippen LogP contribution is 2.20. The average Bonchev–Trinajstić information content (AvgIpc) is 2.32. The van der Waals surface area contributed by atoms with Crippen molar-refractivity contribution in [3.05, 3.63) is 11.3 Å². The Balaban J connectivity index is 2.60. The Bertz CT molecular complexity index is 340. The molecule has 0 saturated heterocycles. The molecule has 0 bridgehead atoms. The standard InChI is InChI=1S/C8H11N3O/c1-5-6(2)10-11-7(12)3-4-9-8(5)11/h9H,3-4H2,1-2H3. The zero-order chi connectivity index (χ0) is 8.72. The van der Waals surface area contributed by atoms with Gasteiger partial charge in [0, 0.05) is 18.5 Å². The average molecular weight is 165 g/mol. The van der Waals surface area contributed by atoms with Gasteiger partial charge in [-0.15, -0.1) is 0 Å². The Kier molecular flexibility index (Phi) is 1.43. The van der Waals surface area contributed by atoms with Crippen LogP contribution >= 0.6 is 0 Å². The Morgan fingerprint density at radius 2 is 2.25 bits per heavy atom. The largest absolute Gasteiger partial charge is 0.369 e. The second-order valence-electron chi connectivity index (χ2n) is 3.04. The molecule has 64 valence electrons. The van der Waals surface area contributed by atoms with Crippen molar-refractivity contribution >= 4 is 11.7 Å². The Labute approximate surface area is 70.6 Å². The molecule has 0 amide bonds. The molecule has 0 aliphatic carbocycles. The number of anilines is 1. The third kappa shape index (κ3) is 0.841. The highest BCUT2D eigenvalue weighted by Gasteiger charge is 2.20. The molecule has 0 radical (unpaired) electrons. The smallest absolute Gasteiger partial charge is 0.250 e. The summed E-state index contributed by atoms with van der Waals surface area (Å²) in [5.74, 6) is 0.948. The summed E-state index contributed by atoms with van der Waals surface area (Å²) in [5.41, 5.74) is 2.00. The van der Waals surface area contributed by atoms with Gasteiger partial charge in [-0.25, -0.2) is 0 Å². The number of aryl methyl sites for hydroxylation is 1. The molecule has 1 aromatic heterocycles. The Morgan fingerprint density at radius 3 is 2.92 bits per heavy atom. The minimum atomic E-state index is 0.0833. The lowest BCUT2D eigenvalue weighted by Crippen LogP contribution is -2.25. The molecule has 2 heterocycles. The van der Waals surface area contributed by atoms with Gasteiger partial charge in [-0.3, -0.25) is 4.79 Å². The van der Waals surface area contributed by atoms with E-state index in [1.165, 1.54) is 4.68 Å². The van der Waals surface area contributed by atoms with Crippen molar-refractivity contribution in [1.82, 2.24) is 9.78 Å². The van der Waals surface area contributed by atoms with Gasteiger partial charge < -0.3 is 5.32 Å². The molecule has 1 N–H and O–H groups in total. The third-order valence-corrected chi connectivity index (χ3v) is 2.23. The van der Waals surface area contributed by atoms with E-state index in [-0.39, 0.29) is 5.91 Å². The van der Waals surface area contributed by atoms with Crippen LogP contribution in [0.1, 0.15) is 22.5 Å². The first kappa shape index (κ1) is 7.34. The van der Waals surface area contributed by atoms with Gasteiger partial charge in [0.1, 0.15) is 5.82 Å². The molecule has 12 heavy (non-hydrogen) atoms. The van der Waals surface area contributed by atoms with Crippen LogP contribution in [0.4, 0.5) is 5.82 Å². The minimum absolute atomic E-state index is 0.0833. The maximum atomic E-state index is 11.3. The molecule has 2 rings (SSSR count). The monoisotopic (exact) mass is 165 g/mol. The van der Waals surface area contributed by atoms with Crippen LogP contribution in [0, 0.1) is 13.8 Å². The summed E-state index contributed by atoms with van der Waals surface area (Å²) in [6, 6.07) is 0. The molecule has 4 nitrogen and oxygen atoms in total. The highest BCUT2D eigenvalue weighted by molar-refractivity contribution is 5.84. The molecule has 1 aliphatic heterocycles. The molecule has 0 fully saturated rings. The van der Waals surface area contributed by atoms with Gasteiger partial charge in [0.25, 0.3) is 5.91 Å². The van der Waals surface area contributed by atoms with Crippen LogP contribution in [0.5, 0.6) is 0 Å². The van der Waals surface area contributed by atoms with E-state index in [1.807, 2.05) is 13.8 Å². The summed E-state index contributed by atoms with van der Waals surface area (Å²) in [5, 5.41) is 7.30. The van der Waals surface area contributed by atoms with E-state index in [9.17, 15) is 4.79 Å². The van der Waals surface area contributed by atoms with E-state index in [0.29, 0.717) is 6.42 Å². The van der Waals surface area contributed by atoms with Gasteiger partial charge in [-0.1, -0.05) is 0 Å². The maximum absolute atomic E-state index is 11.3. The summed E-state index contributed by atoms with van der Waals surface area (Å²) in [6.45, 7) is 4.61. The first-order valence-corrected chi connectivity index (χ1v) is 4.03. The first-order chi connectivity index (χ1) is 5.70. The van der Waals surface area contributed by atoms with Gasteiger partial charge >= 0.3 is 0 Å². The van der Waals surface area contributed by atoms with Crippen LogP contribution in [-0.2, 0) is 0 Å². The number of nitrogens with zero attached hydrogens (tertiary/aromatic N) is 2. The quantitative estimate of drug-likeness (QED) is 0.622. The van der Waals surface area contributed by atoms with Crippen LogP contribution in [0.15, 0.2) is 0 Å². The fourth-order valence-corrected chi connectivity index (χ4v) is 1.39. The van der Waals surface area contributed by atoms with E-state index in [4.69, 9.17) is 0 Å². The summed E-state index contributed by atoms with van der Waals surface area (Å²) >= 11 is 0. The maximum Gasteiger partial charge on any atom is 0.250 e. The van der Waals surface area contributed by atoms with E-state index in [0.717, 1.165) is 23.6 Å². The summed E-state index contributed by atoms with van der Waals surface area (Å²) in [4.78, 5) is 11.3. The van der Waals surface area contributed by atoms with Crippen molar-refractivity contribution in [3.8, 4) is 0 Å². The molecule has 0 unspecified atom stereocenters. The molecule has 1 aromatic rings. The van der Waals surface area contributed by atoms with Crippen LogP contribution in [0.25, 0.3) is 0 Å². The lowest BCUT2D eigenvalue weighted by atomic mass is 10.2. The van der Waals surface area contributed by atoms with Crippen molar-refractivity contribution in [2.75, 3.05) is 11.9 Å². The SMILES string of the molecule is Cc1nn2c(c1C)NCCC2=O. The molecular weight excluding hydrogens is 154 g/mol. The van der Waals surface area contributed by atoms with Crippen LogP contribution < -0.4 is 5.32 Å². The van der Waals surface area contributed by atoms with Crippen LogP contribution in [0.3, 0.4) is 0 Å². The van der Waals surface area contributed by atoms with Crippen molar-refractivity contribution < 1.29 is 4.79 Å². The number of carbonyl (C=O) groups excluding carboxylic acids is 1. The lowest BCUT2D eigenvalue weighted by Gasteiger charge is -2.14. The predicted molar refractivity (Wildman–Crippen MR) is 45.4 cm³/mol. The van der Waals surface area contributed by atoms with Gasteiger partial charge in [-0.2, -0.15) is 9.78 Å². The second-order valence-corrected chi connectivity index (χ2v) is 3.04. The van der Waals surface area contributed by atoms with Crippen LogP contribution in [0.2, 0.25) is 0 Å². The van der Waals surface area contributed by atoms with Crippen LogP contribution in [-0.4, -0.2) is 22.2 Å². The molecule has 4 heteroatoms. The zero-order valence-electron chi connectivity index (χ0n) is 7.22. The van der Waals surface area contributed by atoms with Gasteiger partial charge in [0.05, 0.1) is 5.69 Å². The van der Waals surface area contributed by atoms with E-state index >= 15 is 0 Å². The number of fused-ring (bicyclic) bond motifs is 1. The fourth-order valence-electron chi connectivity index (χ4n) is 1.39. The number of nitrogens with one attached hydrogen (secondary N) is 1. The lowest BCUT2D eigenvalue weighted by molar-refractivity contribution is 0.0886. The van der Waals surface area contributed by atoms with E-state index in [1.54, 1.807) is 0 Å². The van der Waals surface area contributed by atoms with Crippen molar-refractivity contribution in [1.29, 1.82) is 0 Å². The Morgan fingerprint density at radius 1 is 1.50 bits per heavy atom. The third-order valence-electron chi connectivity index (χ3n) is 2.23. The molecule has 0 spiro atoms. The number of hydrogen-bond acceptors (Lipinski definition) is 3. The number of carbonyl (C=O) groups is 1. The zero-order valence-corrected chi connectivity index (χ0v) is 7.22. The summed E-state index contributed by atoms with van der Waals surface area (Å²) in [7, 11) is 0. The second kappa shape index (κ2) is 2.33. The van der Waals surface area contributed by atoms with Gasteiger partial charge in [0.2, 0.25) is 0 Å². The highest BCUT2D eigenvalue weighted by atomic mass is 16.2. The van der Waals surface area contributed by atoms with Crippen molar-refractivity contribution in [2.45, 2.75) is 20.3 Å². The molecule has 0 atom stereocenters. The summed E-state index contributed by atoms with van der Waals surface area (Å²) in [6.07, 6.45) is 0.535. The number of hydrogen-bond donors (Lipinski definition) is 1. The van der Waals surface area contributed by atoms with E-state index < -0.39 is 0 Å². The van der Waals surface area contributed by atoms with Gasteiger partial charge in [-0.05, 0) is 13.8 Å². The van der Waals surface area contributed by atoms with E-state index in [2.05, 4.69) is 10.4 Å². The van der Waals surface area contributed by atoms with Crippen molar-refractivity contribution in [2.24, 2.45) is 0 Å². The number of aromatic nitrogens is 2. The normalized spacial score (nSPS) is 15.7. The predicted octanol–water partition coefficient (Wildman–Crippen LogP) is 0.956. The summed E-state index contributed by atoms with van der Waals surface area (Å²) < 4.78 is 1.47. The number of rotatable bonds is 0.